The summed E-state index contributed by atoms with van der Waals surface area (Å²) in [6.45, 7) is 10.1. The molecule has 1 N–H and O–H groups in total. The van der Waals surface area contributed by atoms with Crippen molar-refractivity contribution in [3.8, 4) is 5.75 Å². The highest BCUT2D eigenvalue weighted by atomic mass is 16.5. The summed E-state index contributed by atoms with van der Waals surface area (Å²) in [6, 6.07) is 7.71. The molecule has 0 aliphatic rings. The summed E-state index contributed by atoms with van der Waals surface area (Å²) in [5.41, 5.74) is -0.565. The molecule has 170 valence electrons. The Balaban J connectivity index is 2.70. The molecule has 0 spiro atoms. The van der Waals surface area contributed by atoms with Crippen LogP contribution in [0, 0.1) is 11.3 Å². The highest BCUT2D eigenvalue weighted by Crippen LogP contribution is 2.36. The minimum atomic E-state index is -1.54. The Labute approximate surface area is 182 Å². The van der Waals surface area contributed by atoms with Crippen LogP contribution in [0.15, 0.2) is 24.3 Å². The number of hydrogen-bond donors (Lipinski definition) is 1. The number of ether oxygens (including phenoxy) is 2. The van der Waals surface area contributed by atoms with Crippen molar-refractivity contribution in [2.24, 2.45) is 11.3 Å². The molecule has 2 unspecified atom stereocenters. The first-order valence-corrected chi connectivity index (χ1v) is 11.4. The largest absolute Gasteiger partial charge is 0.494 e. The van der Waals surface area contributed by atoms with Gasteiger partial charge in [-0.15, -0.1) is 0 Å². The lowest BCUT2D eigenvalue weighted by molar-refractivity contribution is -0.176. The Morgan fingerprint density at radius 3 is 2.17 bits per heavy atom. The van der Waals surface area contributed by atoms with Gasteiger partial charge in [-0.25, -0.2) is 0 Å². The van der Waals surface area contributed by atoms with Gasteiger partial charge in [0.15, 0.2) is 5.41 Å². The van der Waals surface area contributed by atoms with Crippen LogP contribution in [0.4, 0.5) is 0 Å². The topological polar surface area (TPSA) is 72.8 Å². The van der Waals surface area contributed by atoms with Gasteiger partial charge in [-0.2, -0.15) is 0 Å². The summed E-state index contributed by atoms with van der Waals surface area (Å²) in [6.07, 6.45) is 7.03. The molecular formula is C25H40O5. The molecule has 1 rings (SSSR count). The highest BCUT2D eigenvalue weighted by Gasteiger charge is 2.50. The smallest absolute Gasteiger partial charge is 0.324 e. The average Bonchev–Trinajstić information content (AvgIpc) is 2.71. The third kappa shape index (κ3) is 7.66. The van der Waals surface area contributed by atoms with Crippen LogP contribution in [-0.4, -0.2) is 29.8 Å². The lowest BCUT2D eigenvalue weighted by Gasteiger charge is -2.32. The van der Waals surface area contributed by atoms with E-state index in [1.165, 1.54) is 25.7 Å². The molecule has 0 aromatic heterocycles. The quantitative estimate of drug-likeness (QED) is 0.213. The summed E-state index contributed by atoms with van der Waals surface area (Å²) in [4.78, 5) is 24.9. The van der Waals surface area contributed by atoms with Crippen molar-refractivity contribution in [2.75, 3.05) is 6.61 Å². The second-order valence-electron chi connectivity index (χ2n) is 8.46. The van der Waals surface area contributed by atoms with Gasteiger partial charge in [0.1, 0.15) is 5.75 Å². The zero-order valence-corrected chi connectivity index (χ0v) is 19.4. The zero-order chi connectivity index (χ0) is 22.6. The number of esters is 1. The summed E-state index contributed by atoms with van der Waals surface area (Å²) in [7, 11) is 0. The summed E-state index contributed by atoms with van der Waals surface area (Å²) in [5, 5.41) is 9.93. The van der Waals surface area contributed by atoms with Gasteiger partial charge < -0.3 is 14.6 Å². The first-order chi connectivity index (χ1) is 14.3. The molecule has 5 nitrogen and oxygen atoms in total. The predicted octanol–water partition coefficient (Wildman–Crippen LogP) is 6.04. The molecule has 0 radical (unpaired) electrons. The number of carboxylic acid groups (broad SMARTS) is 1. The Kier molecular flexibility index (Phi) is 11.5. The van der Waals surface area contributed by atoms with E-state index in [0.29, 0.717) is 19.4 Å². The van der Waals surface area contributed by atoms with E-state index >= 15 is 0 Å². The molecule has 0 saturated carbocycles. The van der Waals surface area contributed by atoms with E-state index in [2.05, 4.69) is 6.92 Å². The minimum absolute atomic E-state index is 0.201. The molecule has 0 heterocycles. The molecule has 30 heavy (non-hydrogen) atoms. The monoisotopic (exact) mass is 420 g/mol. The molecule has 5 heteroatoms. The van der Waals surface area contributed by atoms with Crippen LogP contribution in [-0.2, 0) is 20.7 Å². The van der Waals surface area contributed by atoms with Gasteiger partial charge in [-0.1, -0.05) is 65.5 Å². The third-order valence-corrected chi connectivity index (χ3v) is 5.86. The molecule has 0 amide bonds. The second kappa shape index (κ2) is 13.3. The van der Waals surface area contributed by atoms with Crippen molar-refractivity contribution in [2.45, 2.75) is 92.1 Å². The van der Waals surface area contributed by atoms with E-state index in [1.807, 2.05) is 31.2 Å². The summed E-state index contributed by atoms with van der Waals surface area (Å²) >= 11 is 0. The van der Waals surface area contributed by atoms with Crippen LogP contribution in [0.3, 0.4) is 0 Å². The molecule has 1 aromatic rings. The number of rotatable bonds is 15. The van der Waals surface area contributed by atoms with E-state index in [0.717, 1.165) is 17.7 Å². The molecule has 0 bridgehead atoms. The molecule has 0 fully saturated rings. The van der Waals surface area contributed by atoms with Crippen LogP contribution in [0.5, 0.6) is 5.75 Å². The zero-order valence-electron chi connectivity index (χ0n) is 19.4. The van der Waals surface area contributed by atoms with Crippen molar-refractivity contribution >= 4 is 11.9 Å². The molecule has 2 atom stereocenters. The van der Waals surface area contributed by atoms with Crippen LogP contribution in [0.2, 0.25) is 0 Å². The highest BCUT2D eigenvalue weighted by molar-refractivity contribution is 5.99. The Bertz CT molecular complexity index is 637. The van der Waals surface area contributed by atoms with Crippen molar-refractivity contribution in [1.82, 2.24) is 0 Å². The maximum absolute atomic E-state index is 12.8. The Morgan fingerprint density at radius 1 is 1.00 bits per heavy atom. The molecular weight excluding hydrogens is 380 g/mol. The number of carbonyl (C=O) groups excluding carboxylic acids is 1. The fourth-order valence-electron chi connectivity index (χ4n) is 3.43. The number of aliphatic carboxylic acids is 1. The standard InChI is InChI=1S/C25H40O5/c1-6-8-9-10-11-18-29-22-14-12-21(13-15-22)16-17-25(19(3)4,23(26)27)24(28)30-20(5)7-2/h12-15,19-20H,6-11,16-18H2,1-5H3,(H,26,27). The number of aryl methyl sites for hydroxylation is 1. The normalized spacial score (nSPS) is 14.2. The number of unbranched alkanes of at least 4 members (excludes halogenated alkanes) is 4. The van der Waals surface area contributed by atoms with Crippen molar-refractivity contribution in [1.29, 1.82) is 0 Å². The number of benzene rings is 1. The van der Waals surface area contributed by atoms with Gasteiger partial charge in [0.05, 0.1) is 12.7 Å². The molecule has 0 aliphatic carbocycles. The fraction of sp³-hybridized carbons (Fsp3) is 0.680. The maximum Gasteiger partial charge on any atom is 0.324 e. The first kappa shape index (κ1) is 26.0. The Hall–Kier alpha value is -2.04. The maximum atomic E-state index is 12.8. The third-order valence-electron chi connectivity index (χ3n) is 5.86. The first-order valence-electron chi connectivity index (χ1n) is 11.4. The van der Waals surface area contributed by atoms with Gasteiger partial charge in [-0.05, 0) is 56.2 Å². The van der Waals surface area contributed by atoms with E-state index in [4.69, 9.17) is 9.47 Å². The van der Waals surface area contributed by atoms with Crippen molar-refractivity contribution in [3.63, 3.8) is 0 Å². The number of carboxylic acids is 1. The SMILES string of the molecule is CCCCCCCOc1ccc(CCC(C(=O)O)(C(=O)OC(C)CC)C(C)C)cc1. The van der Waals surface area contributed by atoms with E-state index < -0.39 is 17.4 Å². The molecule has 1 aromatic carbocycles. The minimum Gasteiger partial charge on any atom is -0.494 e. The lowest BCUT2D eigenvalue weighted by Crippen LogP contribution is -2.46. The van der Waals surface area contributed by atoms with Crippen LogP contribution in [0.25, 0.3) is 0 Å². The van der Waals surface area contributed by atoms with Crippen LogP contribution in [0.1, 0.15) is 85.1 Å². The van der Waals surface area contributed by atoms with Gasteiger partial charge in [-0.3, -0.25) is 9.59 Å². The van der Waals surface area contributed by atoms with E-state index in [9.17, 15) is 14.7 Å². The average molecular weight is 421 g/mol. The molecule has 0 saturated heterocycles. The molecule has 0 aliphatic heterocycles. The lowest BCUT2D eigenvalue weighted by atomic mass is 9.73. The van der Waals surface area contributed by atoms with E-state index in [1.54, 1.807) is 20.8 Å². The van der Waals surface area contributed by atoms with Crippen LogP contribution < -0.4 is 4.74 Å². The summed E-state index contributed by atoms with van der Waals surface area (Å²) < 4.78 is 11.2. The van der Waals surface area contributed by atoms with Crippen LogP contribution >= 0.6 is 0 Å². The van der Waals surface area contributed by atoms with Crippen molar-refractivity contribution < 1.29 is 24.2 Å². The second-order valence-corrected chi connectivity index (χ2v) is 8.46. The summed E-state index contributed by atoms with van der Waals surface area (Å²) in [5.74, 6) is -1.31. The number of hydrogen-bond acceptors (Lipinski definition) is 4. The number of carbonyl (C=O) groups is 2. The van der Waals surface area contributed by atoms with Gasteiger partial charge >= 0.3 is 11.9 Å². The van der Waals surface area contributed by atoms with Crippen molar-refractivity contribution in [3.05, 3.63) is 29.8 Å². The van der Waals surface area contributed by atoms with E-state index in [-0.39, 0.29) is 18.4 Å². The van der Waals surface area contributed by atoms with Gasteiger partial charge in [0, 0.05) is 0 Å². The van der Waals surface area contributed by atoms with Gasteiger partial charge in [0.25, 0.3) is 0 Å². The predicted molar refractivity (Wildman–Crippen MR) is 120 cm³/mol. The van der Waals surface area contributed by atoms with Gasteiger partial charge in [0.2, 0.25) is 0 Å². The Morgan fingerprint density at radius 2 is 1.63 bits per heavy atom. The fourth-order valence-corrected chi connectivity index (χ4v) is 3.43.